The number of carbonyl (C=O) groups is 1. The van der Waals surface area contributed by atoms with Crippen LogP contribution in [0.3, 0.4) is 0 Å². The van der Waals surface area contributed by atoms with Crippen LogP contribution in [0.5, 0.6) is 0 Å². The van der Waals surface area contributed by atoms with Gasteiger partial charge in [0.25, 0.3) is 11.6 Å². The van der Waals surface area contributed by atoms with Crippen molar-refractivity contribution in [1.29, 1.82) is 0 Å². The highest BCUT2D eigenvalue weighted by atomic mass is 16.5. The molecule has 0 saturated carbocycles. The number of pyridine rings is 1. The van der Waals surface area contributed by atoms with Crippen LogP contribution in [0, 0.1) is 20.8 Å². The maximum absolute atomic E-state index is 13.1. The fraction of sp³-hybridized carbons (Fsp3) is 0.409. The first-order valence-corrected chi connectivity index (χ1v) is 9.93. The predicted octanol–water partition coefficient (Wildman–Crippen LogP) is 2.95. The van der Waals surface area contributed by atoms with Crippen LogP contribution in [0.4, 0.5) is 0 Å². The summed E-state index contributed by atoms with van der Waals surface area (Å²) in [6.45, 7) is 9.36. The number of morpholine rings is 1. The third-order valence-corrected chi connectivity index (χ3v) is 5.39. The molecule has 0 aliphatic carbocycles. The van der Waals surface area contributed by atoms with E-state index in [1.54, 1.807) is 6.07 Å². The third kappa shape index (κ3) is 4.16. The molecule has 1 aliphatic heterocycles. The van der Waals surface area contributed by atoms with E-state index in [1.807, 2.05) is 13.8 Å². The minimum atomic E-state index is -0.142. The fourth-order valence-corrected chi connectivity index (χ4v) is 3.82. The zero-order valence-corrected chi connectivity index (χ0v) is 17.1. The average Bonchev–Trinajstić information content (AvgIpc) is 3.10. The Labute approximate surface area is 170 Å². The number of nitrogens with zero attached hydrogens (tertiary/aromatic N) is 3. The number of hydrogen-bond donors (Lipinski definition) is 1. The first kappa shape index (κ1) is 19.5. The second-order valence-corrected chi connectivity index (χ2v) is 7.54. The maximum Gasteiger partial charge on any atom is 0.258 e. The molecule has 4 rings (SSSR count). The van der Waals surface area contributed by atoms with Gasteiger partial charge in [-0.05, 0) is 32.4 Å². The summed E-state index contributed by atoms with van der Waals surface area (Å²) in [4.78, 5) is 19.8. The lowest BCUT2D eigenvalue weighted by atomic mass is 10.0. The van der Waals surface area contributed by atoms with Crippen molar-refractivity contribution in [3.05, 3.63) is 58.4 Å². The Morgan fingerprint density at radius 3 is 2.62 bits per heavy atom. The summed E-state index contributed by atoms with van der Waals surface area (Å²) < 4.78 is 10.8. The van der Waals surface area contributed by atoms with Crippen molar-refractivity contribution in [2.75, 3.05) is 32.8 Å². The van der Waals surface area contributed by atoms with Crippen LogP contribution < -0.4 is 5.32 Å². The van der Waals surface area contributed by atoms with Gasteiger partial charge in [0.05, 0.1) is 35.9 Å². The SMILES string of the molecule is Cc1ccc([C@H](CNC(=O)c2cc(C)nc3onc(C)c23)N2CCOCC2)cc1. The zero-order chi connectivity index (χ0) is 20.4. The molecule has 29 heavy (non-hydrogen) atoms. The summed E-state index contributed by atoms with van der Waals surface area (Å²) in [5, 5.41) is 7.76. The number of fused-ring (bicyclic) bond motifs is 1. The summed E-state index contributed by atoms with van der Waals surface area (Å²) in [6.07, 6.45) is 0. The Hall–Kier alpha value is -2.77. The second kappa shape index (κ2) is 8.31. The van der Waals surface area contributed by atoms with E-state index < -0.39 is 0 Å². The Balaban J connectivity index is 1.58. The molecule has 1 saturated heterocycles. The van der Waals surface area contributed by atoms with E-state index in [0.717, 1.165) is 18.8 Å². The van der Waals surface area contributed by atoms with Gasteiger partial charge in [-0.25, -0.2) is 4.98 Å². The molecule has 1 N–H and O–H groups in total. The molecule has 1 aliphatic rings. The number of carbonyl (C=O) groups excluding carboxylic acids is 1. The summed E-state index contributed by atoms with van der Waals surface area (Å²) in [5.41, 5.74) is 4.75. The molecule has 0 unspecified atom stereocenters. The average molecular weight is 394 g/mol. The van der Waals surface area contributed by atoms with Crippen LogP contribution in [-0.4, -0.2) is 53.8 Å². The highest BCUT2D eigenvalue weighted by molar-refractivity contribution is 6.06. The molecule has 0 spiro atoms. The van der Waals surface area contributed by atoms with Gasteiger partial charge in [-0.3, -0.25) is 9.69 Å². The van der Waals surface area contributed by atoms with E-state index in [1.165, 1.54) is 11.1 Å². The normalized spacial score (nSPS) is 16.1. The highest BCUT2D eigenvalue weighted by Crippen LogP contribution is 2.24. The number of benzene rings is 1. The van der Waals surface area contributed by atoms with Crippen molar-refractivity contribution < 1.29 is 14.1 Å². The molecular weight excluding hydrogens is 368 g/mol. The number of aromatic nitrogens is 2. The van der Waals surface area contributed by atoms with Gasteiger partial charge in [-0.2, -0.15) is 0 Å². The van der Waals surface area contributed by atoms with Crippen LogP contribution in [0.1, 0.15) is 38.9 Å². The molecule has 1 fully saturated rings. The van der Waals surface area contributed by atoms with Gasteiger partial charge in [0, 0.05) is 25.3 Å². The maximum atomic E-state index is 13.1. The van der Waals surface area contributed by atoms with Crippen molar-refractivity contribution in [3.8, 4) is 0 Å². The van der Waals surface area contributed by atoms with Crippen LogP contribution in [0.15, 0.2) is 34.9 Å². The number of hydrogen-bond acceptors (Lipinski definition) is 6. The third-order valence-electron chi connectivity index (χ3n) is 5.39. The monoisotopic (exact) mass is 394 g/mol. The molecule has 0 radical (unpaired) electrons. The summed E-state index contributed by atoms with van der Waals surface area (Å²) in [7, 11) is 0. The Morgan fingerprint density at radius 1 is 1.17 bits per heavy atom. The summed E-state index contributed by atoms with van der Waals surface area (Å²) in [5.74, 6) is -0.142. The largest absolute Gasteiger partial charge is 0.379 e. The number of nitrogens with one attached hydrogen (secondary N) is 1. The molecule has 1 aromatic carbocycles. The van der Waals surface area contributed by atoms with E-state index in [2.05, 4.69) is 51.5 Å². The van der Waals surface area contributed by atoms with E-state index in [-0.39, 0.29) is 11.9 Å². The van der Waals surface area contributed by atoms with Crippen LogP contribution in [-0.2, 0) is 4.74 Å². The first-order valence-electron chi connectivity index (χ1n) is 9.93. The highest BCUT2D eigenvalue weighted by Gasteiger charge is 2.24. The molecule has 152 valence electrons. The van der Waals surface area contributed by atoms with Gasteiger partial charge >= 0.3 is 0 Å². The smallest absolute Gasteiger partial charge is 0.258 e. The quantitative estimate of drug-likeness (QED) is 0.717. The zero-order valence-electron chi connectivity index (χ0n) is 17.1. The van der Waals surface area contributed by atoms with Crippen LogP contribution in [0.25, 0.3) is 11.1 Å². The van der Waals surface area contributed by atoms with E-state index in [0.29, 0.717) is 42.1 Å². The van der Waals surface area contributed by atoms with E-state index in [4.69, 9.17) is 9.26 Å². The van der Waals surface area contributed by atoms with Crippen LogP contribution >= 0.6 is 0 Å². The van der Waals surface area contributed by atoms with Gasteiger partial charge in [0.15, 0.2) is 0 Å². The van der Waals surface area contributed by atoms with Crippen molar-refractivity contribution in [2.45, 2.75) is 26.8 Å². The van der Waals surface area contributed by atoms with E-state index in [9.17, 15) is 4.79 Å². The number of rotatable bonds is 5. The lowest BCUT2D eigenvalue weighted by Crippen LogP contribution is -2.43. The summed E-state index contributed by atoms with van der Waals surface area (Å²) >= 11 is 0. The van der Waals surface area contributed by atoms with Gasteiger partial charge in [0.2, 0.25) is 0 Å². The molecule has 3 aromatic rings. The van der Waals surface area contributed by atoms with Gasteiger partial charge in [0.1, 0.15) is 0 Å². The Morgan fingerprint density at radius 2 is 1.90 bits per heavy atom. The number of ether oxygens (including phenoxy) is 1. The van der Waals surface area contributed by atoms with E-state index >= 15 is 0 Å². The predicted molar refractivity (Wildman–Crippen MR) is 110 cm³/mol. The number of amides is 1. The van der Waals surface area contributed by atoms with Crippen molar-refractivity contribution in [2.24, 2.45) is 0 Å². The standard InChI is InChI=1S/C22H26N4O3/c1-14-4-6-17(7-5-14)19(26-8-10-28-11-9-26)13-23-21(27)18-12-15(2)24-22-20(18)16(3)25-29-22/h4-7,12,19H,8-11,13H2,1-3H3,(H,23,27)/t19-/m0/s1. The van der Waals surface area contributed by atoms with Crippen molar-refractivity contribution in [1.82, 2.24) is 20.4 Å². The van der Waals surface area contributed by atoms with Gasteiger partial charge < -0.3 is 14.6 Å². The lowest BCUT2D eigenvalue weighted by Gasteiger charge is -2.35. The van der Waals surface area contributed by atoms with Crippen molar-refractivity contribution >= 4 is 17.0 Å². The molecule has 1 amide bonds. The van der Waals surface area contributed by atoms with Crippen molar-refractivity contribution in [3.63, 3.8) is 0 Å². The molecule has 7 heteroatoms. The molecule has 1 atom stereocenters. The first-order chi connectivity index (χ1) is 14.0. The molecule has 3 heterocycles. The minimum absolute atomic E-state index is 0.0884. The molecular formula is C22H26N4O3. The van der Waals surface area contributed by atoms with Crippen LogP contribution in [0.2, 0.25) is 0 Å². The Kier molecular flexibility index (Phi) is 5.60. The lowest BCUT2D eigenvalue weighted by molar-refractivity contribution is 0.0162. The van der Waals surface area contributed by atoms with Gasteiger partial charge in [-0.1, -0.05) is 35.0 Å². The topological polar surface area (TPSA) is 80.5 Å². The van der Waals surface area contributed by atoms with Gasteiger partial charge in [-0.15, -0.1) is 0 Å². The Bertz CT molecular complexity index is 1010. The number of aryl methyl sites for hydroxylation is 3. The summed E-state index contributed by atoms with van der Waals surface area (Å²) in [6, 6.07) is 10.4. The fourth-order valence-electron chi connectivity index (χ4n) is 3.82. The molecule has 0 bridgehead atoms. The minimum Gasteiger partial charge on any atom is -0.379 e. The molecule has 2 aromatic heterocycles. The molecule has 7 nitrogen and oxygen atoms in total. The second-order valence-electron chi connectivity index (χ2n) is 7.54.